The summed E-state index contributed by atoms with van der Waals surface area (Å²) in [5.41, 5.74) is 3.40. The van der Waals surface area contributed by atoms with Crippen LogP contribution in [0.2, 0.25) is 0 Å². The number of anilines is 4. The number of rotatable bonds is 10. The van der Waals surface area contributed by atoms with Crippen molar-refractivity contribution >= 4 is 33.2 Å². The predicted octanol–water partition coefficient (Wildman–Crippen LogP) is 3.67. The molecule has 3 saturated heterocycles. The molecule has 2 aromatic heterocycles. The summed E-state index contributed by atoms with van der Waals surface area (Å²) in [4.78, 5) is 13.5. The van der Waals surface area contributed by atoms with Crippen molar-refractivity contribution in [2.75, 3.05) is 71.6 Å². The number of hydrogen-bond acceptors (Lipinski definition) is 11. The Morgan fingerprint density at radius 1 is 0.915 bits per heavy atom. The Labute approximate surface area is 272 Å². The van der Waals surface area contributed by atoms with Gasteiger partial charge in [-0.15, -0.1) is 5.10 Å². The van der Waals surface area contributed by atoms with Crippen molar-refractivity contribution in [1.29, 1.82) is 0 Å². The van der Waals surface area contributed by atoms with Gasteiger partial charge in [0.25, 0.3) is 5.92 Å². The topological polar surface area (TPSA) is 151 Å². The third kappa shape index (κ3) is 7.44. The van der Waals surface area contributed by atoms with E-state index < -0.39 is 28.3 Å². The van der Waals surface area contributed by atoms with Gasteiger partial charge < -0.3 is 25.0 Å². The summed E-state index contributed by atoms with van der Waals surface area (Å²) in [5, 5.41) is 21.6. The number of aromatic nitrogens is 5. The van der Waals surface area contributed by atoms with Crippen molar-refractivity contribution in [3.05, 3.63) is 30.5 Å². The molecule has 0 atom stereocenters. The number of hydrogen-bond donors (Lipinski definition) is 3. The Morgan fingerprint density at radius 3 is 2.34 bits per heavy atom. The van der Waals surface area contributed by atoms with Gasteiger partial charge in [-0.2, -0.15) is 4.98 Å². The molecule has 47 heavy (non-hydrogen) atoms. The molecule has 5 heterocycles. The summed E-state index contributed by atoms with van der Waals surface area (Å²) in [7, 11) is -3.71. The third-order valence-electron chi connectivity index (χ3n) is 9.80. The fourth-order valence-corrected chi connectivity index (χ4v) is 7.48. The number of alkyl halides is 2. The van der Waals surface area contributed by atoms with Crippen molar-refractivity contribution in [3.63, 3.8) is 0 Å². The van der Waals surface area contributed by atoms with Crippen LogP contribution in [0.15, 0.2) is 30.5 Å². The molecule has 1 aromatic carbocycles. The highest BCUT2D eigenvalue weighted by molar-refractivity contribution is 7.92. The lowest BCUT2D eigenvalue weighted by Crippen LogP contribution is -2.40. The fraction of sp³-hybridized carbons (Fsp3) is 0.613. The summed E-state index contributed by atoms with van der Waals surface area (Å²) in [6.45, 7) is 2.81. The van der Waals surface area contributed by atoms with Gasteiger partial charge in [0.2, 0.25) is 16.0 Å². The third-order valence-corrected chi connectivity index (χ3v) is 11.1. The number of ether oxygens (including phenoxy) is 1. The van der Waals surface area contributed by atoms with Crippen molar-refractivity contribution in [2.24, 2.45) is 5.41 Å². The van der Waals surface area contributed by atoms with E-state index >= 15 is 0 Å². The van der Waals surface area contributed by atoms with E-state index in [4.69, 9.17) is 14.7 Å². The van der Waals surface area contributed by atoms with Crippen molar-refractivity contribution in [2.45, 2.75) is 63.3 Å². The van der Waals surface area contributed by atoms with Crippen molar-refractivity contribution in [3.8, 4) is 17.1 Å². The first-order chi connectivity index (χ1) is 22.6. The second-order valence-corrected chi connectivity index (χ2v) is 15.0. The van der Waals surface area contributed by atoms with Crippen LogP contribution in [0.4, 0.5) is 31.9 Å². The van der Waals surface area contributed by atoms with Gasteiger partial charge in [-0.3, -0.25) is 4.72 Å². The van der Waals surface area contributed by atoms with E-state index in [1.54, 1.807) is 27.9 Å². The largest absolute Gasteiger partial charge is 0.395 e. The molecule has 16 heteroatoms. The monoisotopic (exact) mass is 673 g/mol. The molecule has 3 aromatic rings. The molecule has 0 unspecified atom stereocenters. The molecule has 4 aliphatic rings. The number of benzene rings is 1. The number of piperidine rings is 2. The quantitative estimate of drug-likeness (QED) is 0.289. The minimum Gasteiger partial charge on any atom is -0.395 e. The first-order valence-electron chi connectivity index (χ1n) is 16.4. The number of nitrogens with one attached hydrogen (secondary N) is 2. The highest BCUT2D eigenvalue weighted by atomic mass is 32.2. The van der Waals surface area contributed by atoms with E-state index in [0.29, 0.717) is 47.5 Å². The smallest absolute Gasteiger partial charge is 0.251 e. The van der Waals surface area contributed by atoms with Crippen LogP contribution < -0.4 is 19.8 Å². The lowest BCUT2D eigenvalue weighted by molar-refractivity contribution is -0.0222. The van der Waals surface area contributed by atoms with E-state index in [0.717, 1.165) is 50.1 Å². The predicted molar refractivity (Wildman–Crippen MR) is 174 cm³/mol. The Balaban J connectivity index is 1.21. The molecule has 1 aliphatic carbocycles. The van der Waals surface area contributed by atoms with Crippen LogP contribution >= 0.6 is 0 Å². The normalized spacial score (nSPS) is 21.2. The number of aliphatic hydroxyl groups is 1. The highest BCUT2D eigenvalue weighted by Crippen LogP contribution is 2.54. The standard InChI is InChI=1S/C31H41F2N9O4S/c32-31(33)9-13-41(14-10-31)29-35-24(20-28(36-29)34-22-3-16-46-17-4-22)25-21-42(39-37-25)26-2-1-23(38-47(44,45)18-15-43)19-27(26)40-11-7-30(5-6-30)8-12-40/h1-2,19-22,38,43H,3-18H2,(H,34,35,36). The maximum absolute atomic E-state index is 14.0. The second kappa shape index (κ2) is 12.8. The molecular formula is C31H41F2N9O4S. The molecule has 0 amide bonds. The summed E-state index contributed by atoms with van der Waals surface area (Å²) < 4.78 is 62.6. The molecule has 1 saturated carbocycles. The van der Waals surface area contributed by atoms with Gasteiger partial charge in [0.05, 0.1) is 41.3 Å². The van der Waals surface area contributed by atoms with Crippen LogP contribution in [0.3, 0.4) is 0 Å². The Bertz CT molecular complexity index is 1680. The molecule has 3 aliphatic heterocycles. The molecule has 0 radical (unpaired) electrons. The van der Waals surface area contributed by atoms with E-state index in [-0.39, 0.29) is 32.0 Å². The SMILES string of the molecule is O=S(=O)(CCO)Nc1ccc(-n2cc(-c3cc(NC4CCOCC4)nc(N4CCC(F)(F)CC4)n3)nn2)c(N2CCC3(CC2)CC3)c1. The van der Waals surface area contributed by atoms with Gasteiger partial charge in [-0.1, -0.05) is 5.21 Å². The Morgan fingerprint density at radius 2 is 1.64 bits per heavy atom. The summed E-state index contributed by atoms with van der Waals surface area (Å²) in [5.74, 6) is -2.13. The minimum absolute atomic E-state index is 0.148. The van der Waals surface area contributed by atoms with Gasteiger partial charge in [0, 0.05) is 64.3 Å². The average Bonchev–Trinajstić information content (AvgIpc) is 3.61. The lowest BCUT2D eigenvalue weighted by atomic mass is 9.93. The van der Waals surface area contributed by atoms with E-state index in [2.05, 4.69) is 25.3 Å². The van der Waals surface area contributed by atoms with Gasteiger partial charge in [-0.05, 0) is 62.1 Å². The van der Waals surface area contributed by atoms with Crippen molar-refractivity contribution < 1.29 is 27.0 Å². The minimum atomic E-state index is -3.71. The van der Waals surface area contributed by atoms with Gasteiger partial charge in [0.15, 0.2) is 0 Å². The average molecular weight is 674 g/mol. The van der Waals surface area contributed by atoms with Gasteiger partial charge in [0.1, 0.15) is 11.5 Å². The summed E-state index contributed by atoms with van der Waals surface area (Å²) in [6.07, 6.45) is 7.57. The molecular weight excluding hydrogens is 632 g/mol. The first-order valence-corrected chi connectivity index (χ1v) is 18.0. The van der Waals surface area contributed by atoms with Crippen LogP contribution in [-0.4, -0.2) is 102 Å². The van der Waals surface area contributed by atoms with E-state index in [1.807, 2.05) is 12.1 Å². The van der Waals surface area contributed by atoms with E-state index in [1.165, 1.54) is 12.8 Å². The number of nitrogens with zero attached hydrogens (tertiary/aromatic N) is 7. The number of aliphatic hydroxyl groups excluding tert-OH is 1. The van der Waals surface area contributed by atoms with Crippen LogP contribution in [-0.2, 0) is 14.8 Å². The fourth-order valence-electron chi connectivity index (χ4n) is 6.65. The molecule has 4 fully saturated rings. The molecule has 7 rings (SSSR count). The Kier molecular flexibility index (Phi) is 8.68. The second-order valence-electron chi connectivity index (χ2n) is 13.2. The zero-order valence-electron chi connectivity index (χ0n) is 26.2. The maximum Gasteiger partial charge on any atom is 0.251 e. The zero-order chi connectivity index (χ0) is 32.6. The highest BCUT2D eigenvalue weighted by Gasteiger charge is 2.44. The molecule has 254 valence electrons. The molecule has 3 N–H and O–H groups in total. The van der Waals surface area contributed by atoms with Crippen LogP contribution in [0.1, 0.15) is 51.4 Å². The maximum atomic E-state index is 14.0. The first kappa shape index (κ1) is 31.9. The van der Waals surface area contributed by atoms with Crippen molar-refractivity contribution in [1.82, 2.24) is 25.0 Å². The lowest BCUT2D eigenvalue weighted by Gasteiger charge is -2.35. The zero-order valence-corrected chi connectivity index (χ0v) is 27.1. The van der Waals surface area contributed by atoms with Gasteiger partial charge >= 0.3 is 0 Å². The molecule has 13 nitrogen and oxygen atoms in total. The van der Waals surface area contributed by atoms with E-state index in [9.17, 15) is 22.3 Å². The van der Waals surface area contributed by atoms with Crippen LogP contribution in [0, 0.1) is 5.41 Å². The number of sulfonamides is 1. The molecule has 0 bridgehead atoms. The molecule has 1 spiro atoms. The van der Waals surface area contributed by atoms with Crippen LogP contribution in [0.5, 0.6) is 0 Å². The number of halogens is 2. The van der Waals surface area contributed by atoms with Crippen LogP contribution in [0.25, 0.3) is 17.1 Å². The summed E-state index contributed by atoms with van der Waals surface area (Å²) in [6, 6.07) is 7.26. The van der Waals surface area contributed by atoms with Gasteiger partial charge in [-0.25, -0.2) is 26.9 Å². The summed E-state index contributed by atoms with van der Waals surface area (Å²) >= 11 is 0. The Hall–Kier alpha value is -3.63.